The van der Waals surface area contributed by atoms with Gasteiger partial charge in [0.05, 0.1) is 9.95 Å². The van der Waals surface area contributed by atoms with E-state index in [2.05, 4.69) is 9.97 Å². The number of hydrogen-bond donors (Lipinski definition) is 0. The monoisotopic (exact) mass is 377 g/mol. The minimum absolute atomic E-state index is 0.00613. The molecule has 0 saturated heterocycles. The quantitative estimate of drug-likeness (QED) is 0.465. The maximum Gasteiger partial charge on any atom is 0.322 e. The number of para-hydroxylation sites is 1. The predicted octanol–water partition coefficient (Wildman–Crippen LogP) is 3.44. The number of nitro groups is 1. The van der Waals surface area contributed by atoms with Crippen molar-refractivity contribution in [3.8, 4) is 11.8 Å². The number of halogens is 2. The molecule has 18 heavy (non-hydrogen) atoms. The second-order valence-electron chi connectivity index (χ2n) is 3.13. The molecule has 0 atom stereocenters. The van der Waals surface area contributed by atoms with Gasteiger partial charge in [0, 0.05) is 22.0 Å². The van der Waals surface area contributed by atoms with E-state index in [1.165, 1.54) is 30.6 Å². The summed E-state index contributed by atoms with van der Waals surface area (Å²) in [6.45, 7) is 0. The highest BCUT2D eigenvalue weighted by Crippen LogP contribution is 2.36. The number of benzene rings is 1. The normalized spacial score (nSPS) is 10.1. The van der Waals surface area contributed by atoms with Crippen LogP contribution in [0, 0.1) is 13.7 Å². The first-order chi connectivity index (χ1) is 8.58. The van der Waals surface area contributed by atoms with Crippen molar-refractivity contribution in [1.82, 2.24) is 9.97 Å². The van der Waals surface area contributed by atoms with Gasteiger partial charge in [-0.1, -0.05) is 17.7 Å². The van der Waals surface area contributed by atoms with Gasteiger partial charge in [-0.25, -0.2) is 9.97 Å². The second kappa shape index (κ2) is 5.44. The Morgan fingerprint density at radius 1 is 1.33 bits per heavy atom. The fourth-order valence-corrected chi connectivity index (χ4v) is 1.67. The number of aromatic nitrogens is 2. The lowest BCUT2D eigenvalue weighted by Gasteiger charge is -2.05. The van der Waals surface area contributed by atoms with Crippen LogP contribution in [0.15, 0.2) is 30.6 Å². The van der Waals surface area contributed by atoms with Crippen molar-refractivity contribution in [2.24, 2.45) is 0 Å². The third-order valence-corrected chi connectivity index (χ3v) is 2.79. The van der Waals surface area contributed by atoms with E-state index in [4.69, 9.17) is 16.3 Å². The fourth-order valence-electron chi connectivity index (χ4n) is 1.19. The van der Waals surface area contributed by atoms with Crippen molar-refractivity contribution in [1.29, 1.82) is 0 Å². The first-order valence-corrected chi connectivity index (χ1v) is 6.12. The fraction of sp³-hybridized carbons (Fsp3) is 0. The van der Waals surface area contributed by atoms with E-state index in [1.807, 2.05) is 22.6 Å². The molecule has 2 aromatic rings. The summed E-state index contributed by atoms with van der Waals surface area (Å²) >= 11 is 7.90. The summed E-state index contributed by atoms with van der Waals surface area (Å²) in [5.41, 5.74) is -0.232. The molecule has 1 aromatic carbocycles. The van der Waals surface area contributed by atoms with Crippen LogP contribution < -0.4 is 4.74 Å². The smallest absolute Gasteiger partial charge is 0.322 e. The van der Waals surface area contributed by atoms with Crippen molar-refractivity contribution in [2.45, 2.75) is 0 Å². The van der Waals surface area contributed by atoms with Crippen LogP contribution in [-0.2, 0) is 0 Å². The Hall–Kier alpha value is -1.48. The van der Waals surface area contributed by atoms with Gasteiger partial charge in [-0.15, -0.1) is 0 Å². The highest BCUT2D eigenvalue weighted by molar-refractivity contribution is 14.1. The summed E-state index contributed by atoms with van der Waals surface area (Å²) in [5.74, 6) is -0.0645. The molecule has 0 aliphatic heterocycles. The molecule has 0 aliphatic carbocycles. The Bertz CT molecular complexity index is 591. The molecule has 0 N–H and O–H groups in total. The molecule has 0 spiro atoms. The third-order valence-electron chi connectivity index (χ3n) is 1.93. The van der Waals surface area contributed by atoms with E-state index in [9.17, 15) is 10.1 Å². The summed E-state index contributed by atoms with van der Waals surface area (Å²) in [7, 11) is 0. The van der Waals surface area contributed by atoms with Gasteiger partial charge in [-0.05, 0) is 28.7 Å². The van der Waals surface area contributed by atoms with Gasteiger partial charge in [0.1, 0.15) is 0 Å². The van der Waals surface area contributed by atoms with Crippen LogP contribution in [-0.4, -0.2) is 14.9 Å². The molecular weight excluding hydrogens is 372 g/mol. The molecule has 0 saturated carbocycles. The first-order valence-electron chi connectivity index (χ1n) is 4.66. The van der Waals surface area contributed by atoms with Gasteiger partial charge < -0.3 is 4.74 Å². The lowest BCUT2D eigenvalue weighted by molar-refractivity contribution is -0.385. The zero-order valence-corrected chi connectivity index (χ0v) is 11.6. The zero-order chi connectivity index (χ0) is 13.1. The van der Waals surface area contributed by atoms with Crippen molar-refractivity contribution >= 4 is 39.9 Å². The van der Waals surface area contributed by atoms with E-state index >= 15 is 0 Å². The summed E-state index contributed by atoms with van der Waals surface area (Å²) in [4.78, 5) is 18.1. The minimum Gasteiger partial charge on any atom is -0.415 e. The molecule has 6 nitrogen and oxygen atoms in total. The standard InChI is InChI=1S/C10H5ClIN3O3/c11-7-2-1-3-8(15(16)17)9(7)18-10-13-4-6(12)5-14-10/h1-5H. The molecule has 1 heterocycles. The Labute approximate surface area is 120 Å². The Kier molecular flexibility index (Phi) is 3.92. The van der Waals surface area contributed by atoms with Gasteiger partial charge in [0.25, 0.3) is 0 Å². The Balaban J connectivity index is 2.39. The summed E-state index contributed by atoms with van der Waals surface area (Å²) in [6.07, 6.45) is 3.07. The van der Waals surface area contributed by atoms with Crippen LogP contribution in [0.4, 0.5) is 5.69 Å². The van der Waals surface area contributed by atoms with Gasteiger partial charge >= 0.3 is 11.7 Å². The number of rotatable bonds is 3. The van der Waals surface area contributed by atoms with E-state index < -0.39 is 4.92 Å². The largest absolute Gasteiger partial charge is 0.415 e. The van der Waals surface area contributed by atoms with Crippen LogP contribution in [0.25, 0.3) is 0 Å². The van der Waals surface area contributed by atoms with E-state index in [0.29, 0.717) is 0 Å². The lowest BCUT2D eigenvalue weighted by atomic mass is 10.3. The average Bonchev–Trinajstić information content (AvgIpc) is 2.34. The molecule has 0 unspecified atom stereocenters. The SMILES string of the molecule is O=[N+]([O-])c1cccc(Cl)c1Oc1ncc(I)cn1. The second-order valence-corrected chi connectivity index (χ2v) is 4.78. The topological polar surface area (TPSA) is 78.2 Å². The Morgan fingerprint density at radius 3 is 2.61 bits per heavy atom. The van der Waals surface area contributed by atoms with Crippen LogP contribution in [0.2, 0.25) is 5.02 Å². The molecule has 0 amide bonds. The maximum absolute atomic E-state index is 10.8. The van der Waals surface area contributed by atoms with Gasteiger partial charge in [-0.2, -0.15) is 0 Å². The molecule has 1 aromatic heterocycles. The molecular formula is C10H5ClIN3O3. The lowest BCUT2D eigenvalue weighted by Crippen LogP contribution is -1.97. The first kappa shape index (κ1) is 13.0. The molecule has 0 bridgehead atoms. The number of ether oxygens (including phenoxy) is 1. The minimum atomic E-state index is -0.575. The number of nitro benzene ring substituents is 1. The van der Waals surface area contributed by atoms with Crippen LogP contribution in [0.3, 0.4) is 0 Å². The third kappa shape index (κ3) is 2.85. The number of nitrogens with zero attached hydrogens (tertiary/aromatic N) is 3. The van der Waals surface area contributed by atoms with Gasteiger partial charge in [0.2, 0.25) is 5.75 Å². The van der Waals surface area contributed by atoms with Gasteiger partial charge in [0.15, 0.2) is 0 Å². The highest BCUT2D eigenvalue weighted by atomic mass is 127. The van der Waals surface area contributed by atoms with Gasteiger partial charge in [-0.3, -0.25) is 10.1 Å². The highest BCUT2D eigenvalue weighted by Gasteiger charge is 2.19. The van der Waals surface area contributed by atoms with Crippen molar-refractivity contribution in [3.63, 3.8) is 0 Å². The maximum atomic E-state index is 10.8. The molecule has 0 radical (unpaired) electrons. The van der Waals surface area contributed by atoms with Crippen LogP contribution >= 0.6 is 34.2 Å². The molecule has 8 heteroatoms. The van der Waals surface area contributed by atoms with E-state index in [0.717, 1.165) is 3.57 Å². The number of hydrogen-bond acceptors (Lipinski definition) is 5. The van der Waals surface area contributed by atoms with Crippen molar-refractivity contribution in [3.05, 3.63) is 49.3 Å². The van der Waals surface area contributed by atoms with Crippen LogP contribution in [0.5, 0.6) is 11.8 Å². The summed E-state index contributed by atoms with van der Waals surface area (Å²) in [6, 6.07) is 4.28. The van der Waals surface area contributed by atoms with E-state index in [-0.39, 0.29) is 22.5 Å². The van der Waals surface area contributed by atoms with Crippen molar-refractivity contribution < 1.29 is 9.66 Å². The van der Waals surface area contributed by atoms with E-state index in [1.54, 1.807) is 0 Å². The zero-order valence-electron chi connectivity index (χ0n) is 8.71. The molecule has 92 valence electrons. The average molecular weight is 378 g/mol. The summed E-state index contributed by atoms with van der Waals surface area (Å²) in [5, 5.41) is 11.0. The molecule has 0 fully saturated rings. The van der Waals surface area contributed by atoms with Crippen LogP contribution in [0.1, 0.15) is 0 Å². The Morgan fingerprint density at radius 2 is 2.00 bits per heavy atom. The predicted molar refractivity (Wildman–Crippen MR) is 72.9 cm³/mol. The van der Waals surface area contributed by atoms with Crippen molar-refractivity contribution in [2.75, 3.05) is 0 Å². The molecule has 0 aliphatic rings. The molecule has 2 rings (SSSR count). The summed E-state index contributed by atoms with van der Waals surface area (Å²) < 4.78 is 6.08.